The van der Waals surface area contributed by atoms with Crippen molar-refractivity contribution >= 4 is 50.3 Å². The lowest BCUT2D eigenvalue weighted by Gasteiger charge is -2.15. The number of nitrogens with zero attached hydrogens (tertiary/aromatic N) is 2. The minimum atomic E-state index is -5.05. The van der Waals surface area contributed by atoms with Gasteiger partial charge in [-0.3, -0.25) is 20.2 Å². The number of nitro benzene ring substituents is 2. The molecule has 1 N–H and O–H groups in total. The third kappa shape index (κ3) is 4.17. The highest BCUT2D eigenvalue weighted by molar-refractivity contribution is 9.10. The Morgan fingerprint density at radius 2 is 1.72 bits per heavy atom. The Labute approximate surface area is 150 Å². The van der Waals surface area contributed by atoms with Crippen molar-refractivity contribution < 1.29 is 23.0 Å². The first-order valence-corrected chi connectivity index (χ1v) is 7.44. The lowest BCUT2D eigenvalue weighted by atomic mass is 10.1. The Bertz CT molecular complexity index is 876. The van der Waals surface area contributed by atoms with Gasteiger partial charge in [0.15, 0.2) is 0 Å². The van der Waals surface area contributed by atoms with E-state index in [1.165, 1.54) is 18.2 Å². The summed E-state index contributed by atoms with van der Waals surface area (Å²) in [6.07, 6.45) is -5.05. The van der Waals surface area contributed by atoms with Crippen molar-refractivity contribution in [2.75, 3.05) is 5.32 Å². The molecule has 0 heterocycles. The fourth-order valence-electron chi connectivity index (χ4n) is 1.93. The number of halogens is 5. The maximum atomic E-state index is 13.3. The predicted molar refractivity (Wildman–Crippen MR) is 87.2 cm³/mol. The van der Waals surface area contributed by atoms with E-state index in [4.69, 9.17) is 11.6 Å². The maximum absolute atomic E-state index is 13.3. The highest BCUT2D eigenvalue weighted by atomic mass is 79.9. The van der Waals surface area contributed by atoms with Crippen molar-refractivity contribution in [2.24, 2.45) is 0 Å². The van der Waals surface area contributed by atoms with E-state index in [1.807, 2.05) is 0 Å². The molecule has 0 unspecified atom stereocenters. The number of anilines is 2. The molecule has 0 spiro atoms. The lowest BCUT2D eigenvalue weighted by Crippen LogP contribution is -2.11. The second kappa shape index (κ2) is 6.84. The summed E-state index contributed by atoms with van der Waals surface area (Å²) in [6, 6.07) is 4.67. The molecule has 0 aromatic heterocycles. The molecule has 0 aliphatic heterocycles. The SMILES string of the molecule is O=[N+]([O-])c1cc([N+](=O)[O-])c(Nc2ccc(Cl)c(Br)c2)c(C(F)(F)F)c1. The van der Waals surface area contributed by atoms with E-state index in [0.29, 0.717) is 10.5 Å². The van der Waals surface area contributed by atoms with Crippen molar-refractivity contribution in [3.05, 3.63) is 65.6 Å². The largest absolute Gasteiger partial charge is 0.418 e. The summed E-state index contributed by atoms with van der Waals surface area (Å²) in [5, 5.41) is 24.5. The first-order chi connectivity index (χ1) is 11.5. The molecule has 2 rings (SSSR count). The van der Waals surface area contributed by atoms with E-state index >= 15 is 0 Å². The molecule has 0 aliphatic carbocycles. The Balaban J connectivity index is 2.70. The topological polar surface area (TPSA) is 98.3 Å². The summed E-state index contributed by atoms with van der Waals surface area (Å²) in [4.78, 5) is 19.6. The molecule has 0 radical (unpaired) electrons. The average molecular weight is 441 g/mol. The zero-order valence-corrected chi connectivity index (χ0v) is 14.1. The van der Waals surface area contributed by atoms with Crippen molar-refractivity contribution in [1.29, 1.82) is 0 Å². The molecule has 0 atom stereocenters. The van der Waals surface area contributed by atoms with Gasteiger partial charge in [-0.05, 0) is 34.1 Å². The Kier molecular flexibility index (Phi) is 5.18. The summed E-state index contributed by atoms with van der Waals surface area (Å²) in [6.45, 7) is 0. The zero-order valence-electron chi connectivity index (χ0n) is 11.8. The van der Waals surface area contributed by atoms with Gasteiger partial charge in [-0.2, -0.15) is 13.2 Å². The Morgan fingerprint density at radius 3 is 2.20 bits per heavy atom. The van der Waals surface area contributed by atoms with Crippen LogP contribution in [0.5, 0.6) is 0 Å². The van der Waals surface area contributed by atoms with Gasteiger partial charge in [-0.15, -0.1) is 0 Å². The summed E-state index contributed by atoms with van der Waals surface area (Å²) in [7, 11) is 0. The molecule has 132 valence electrons. The number of alkyl halides is 3. The standard InChI is InChI=1S/C13H6BrClF3N3O4/c14-9-3-6(1-2-10(9)15)19-12-8(13(16,17)18)4-7(20(22)23)5-11(12)21(24)25/h1-5,19H. The van der Waals surface area contributed by atoms with E-state index in [0.717, 1.165) is 0 Å². The first kappa shape index (κ1) is 18.9. The minimum Gasteiger partial charge on any atom is -0.349 e. The van der Waals surface area contributed by atoms with E-state index in [9.17, 15) is 33.4 Å². The van der Waals surface area contributed by atoms with Gasteiger partial charge in [0.2, 0.25) is 0 Å². The van der Waals surface area contributed by atoms with Gasteiger partial charge in [0.1, 0.15) is 5.69 Å². The van der Waals surface area contributed by atoms with Crippen LogP contribution in [0.4, 0.5) is 35.9 Å². The highest BCUT2D eigenvalue weighted by Gasteiger charge is 2.39. The summed E-state index contributed by atoms with van der Waals surface area (Å²) < 4.78 is 40.1. The number of rotatable bonds is 4. The highest BCUT2D eigenvalue weighted by Crippen LogP contribution is 2.44. The Morgan fingerprint density at radius 1 is 1.08 bits per heavy atom. The quantitative estimate of drug-likeness (QED) is 0.487. The normalized spacial score (nSPS) is 11.2. The molecule has 2 aromatic carbocycles. The fourth-order valence-corrected chi connectivity index (χ4v) is 2.43. The molecule has 12 heteroatoms. The number of nitro groups is 2. The van der Waals surface area contributed by atoms with Crippen LogP contribution < -0.4 is 5.32 Å². The summed E-state index contributed by atoms with van der Waals surface area (Å²) in [5.41, 5.74) is -4.48. The predicted octanol–water partition coefficient (Wildman–Crippen LogP) is 5.68. The van der Waals surface area contributed by atoms with E-state index in [-0.39, 0.29) is 16.8 Å². The van der Waals surface area contributed by atoms with Crippen molar-refractivity contribution in [1.82, 2.24) is 0 Å². The van der Waals surface area contributed by atoms with Gasteiger partial charge in [0, 0.05) is 16.2 Å². The van der Waals surface area contributed by atoms with Crippen LogP contribution in [0.25, 0.3) is 0 Å². The monoisotopic (exact) mass is 439 g/mol. The van der Waals surface area contributed by atoms with Crippen LogP contribution in [-0.4, -0.2) is 9.85 Å². The van der Waals surface area contributed by atoms with E-state index in [1.54, 1.807) is 0 Å². The third-order valence-electron chi connectivity index (χ3n) is 3.00. The molecule has 0 bridgehead atoms. The molecule has 0 aliphatic rings. The molecule has 0 fully saturated rings. The van der Waals surface area contributed by atoms with Crippen molar-refractivity contribution in [3.63, 3.8) is 0 Å². The second-order valence-electron chi connectivity index (χ2n) is 4.65. The van der Waals surface area contributed by atoms with Crippen LogP contribution in [0.15, 0.2) is 34.8 Å². The van der Waals surface area contributed by atoms with Gasteiger partial charge < -0.3 is 5.32 Å². The molecular weight excluding hydrogens is 435 g/mol. The lowest BCUT2D eigenvalue weighted by molar-refractivity contribution is -0.394. The number of nitrogens with one attached hydrogen (secondary N) is 1. The van der Waals surface area contributed by atoms with Gasteiger partial charge in [0.05, 0.1) is 26.5 Å². The average Bonchev–Trinajstić information content (AvgIpc) is 2.49. The van der Waals surface area contributed by atoms with E-state index < -0.39 is 38.6 Å². The summed E-state index contributed by atoms with van der Waals surface area (Å²) >= 11 is 8.87. The number of benzene rings is 2. The maximum Gasteiger partial charge on any atom is 0.418 e. The van der Waals surface area contributed by atoms with Gasteiger partial charge in [-0.25, -0.2) is 0 Å². The third-order valence-corrected chi connectivity index (χ3v) is 4.22. The van der Waals surface area contributed by atoms with Gasteiger partial charge in [-0.1, -0.05) is 11.6 Å². The molecule has 7 nitrogen and oxygen atoms in total. The van der Waals surface area contributed by atoms with E-state index in [2.05, 4.69) is 21.2 Å². The fraction of sp³-hybridized carbons (Fsp3) is 0.0769. The second-order valence-corrected chi connectivity index (χ2v) is 5.91. The van der Waals surface area contributed by atoms with Crippen LogP contribution in [0, 0.1) is 20.2 Å². The van der Waals surface area contributed by atoms with Crippen LogP contribution >= 0.6 is 27.5 Å². The zero-order chi connectivity index (χ0) is 18.9. The molecule has 0 amide bonds. The van der Waals surface area contributed by atoms with Gasteiger partial charge in [0.25, 0.3) is 11.4 Å². The minimum absolute atomic E-state index is 0.0683. The number of non-ortho nitro benzene ring substituents is 1. The number of hydrogen-bond acceptors (Lipinski definition) is 5. The van der Waals surface area contributed by atoms with Crippen molar-refractivity contribution in [3.8, 4) is 0 Å². The summed E-state index contributed by atoms with van der Waals surface area (Å²) in [5.74, 6) is 0. The Hall–Kier alpha value is -2.40. The molecule has 0 saturated heterocycles. The molecule has 2 aromatic rings. The number of hydrogen-bond donors (Lipinski definition) is 1. The molecular formula is C13H6BrClF3N3O4. The van der Waals surface area contributed by atoms with Gasteiger partial charge >= 0.3 is 6.18 Å². The smallest absolute Gasteiger partial charge is 0.349 e. The van der Waals surface area contributed by atoms with Crippen LogP contribution in [0.2, 0.25) is 5.02 Å². The molecule has 0 saturated carbocycles. The first-order valence-electron chi connectivity index (χ1n) is 6.27. The van der Waals surface area contributed by atoms with Crippen LogP contribution in [0.3, 0.4) is 0 Å². The van der Waals surface area contributed by atoms with Crippen LogP contribution in [-0.2, 0) is 6.18 Å². The molecule has 25 heavy (non-hydrogen) atoms. The van der Waals surface area contributed by atoms with Crippen molar-refractivity contribution in [2.45, 2.75) is 6.18 Å². The van der Waals surface area contributed by atoms with Crippen LogP contribution in [0.1, 0.15) is 5.56 Å².